The van der Waals surface area contributed by atoms with Crippen LogP contribution in [-0.2, 0) is 4.79 Å². The highest BCUT2D eigenvalue weighted by Crippen LogP contribution is 2.37. The van der Waals surface area contributed by atoms with Crippen molar-refractivity contribution in [1.29, 1.82) is 0 Å². The number of benzene rings is 3. The standard InChI is InChI=1S/C26H21N3OS/c1-17-3-8-21(9-4-17)28-26-29(22-10-5-18(2)6-11-22)25(30)24(31-26)16-19-7-12-23-20(15-19)13-14-27-23/h3-16,27H,1-2H3/b24-16-,28-26-. The van der Waals surface area contributed by atoms with E-state index in [0.29, 0.717) is 10.1 Å². The number of rotatable bonds is 3. The number of nitrogens with zero attached hydrogens (tertiary/aromatic N) is 2. The quantitative estimate of drug-likeness (QED) is 0.378. The summed E-state index contributed by atoms with van der Waals surface area (Å²) in [4.78, 5) is 23.8. The van der Waals surface area contributed by atoms with Crippen molar-refractivity contribution < 1.29 is 4.79 Å². The molecule has 3 aromatic carbocycles. The SMILES string of the molecule is Cc1ccc(/N=C2\S/C(=C\c3ccc4[nH]ccc4c3)C(=O)N2c2ccc(C)cc2)cc1. The van der Waals surface area contributed by atoms with E-state index in [1.807, 2.05) is 92.9 Å². The maximum absolute atomic E-state index is 13.4. The number of hydrogen-bond acceptors (Lipinski definition) is 3. The minimum atomic E-state index is -0.0612. The van der Waals surface area contributed by atoms with Crippen LogP contribution in [0.1, 0.15) is 16.7 Å². The molecule has 4 nitrogen and oxygen atoms in total. The van der Waals surface area contributed by atoms with E-state index in [0.717, 1.165) is 33.4 Å². The van der Waals surface area contributed by atoms with Gasteiger partial charge in [0.1, 0.15) is 0 Å². The van der Waals surface area contributed by atoms with Gasteiger partial charge in [0.05, 0.1) is 16.3 Å². The first-order chi connectivity index (χ1) is 15.1. The number of carbonyl (C=O) groups is 1. The van der Waals surface area contributed by atoms with E-state index in [4.69, 9.17) is 4.99 Å². The van der Waals surface area contributed by atoms with E-state index < -0.39 is 0 Å². The third kappa shape index (κ3) is 3.92. The Balaban J connectivity index is 1.57. The summed E-state index contributed by atoms with van der Waals surface area (Å²) in [5.41, 5.74) is 6.04. The Kier molecular flexibility index (Phi) is 4.96. The minimum absolute atomic E-state index is 0.0612. The van der Waals surface area contributed by atoms with Crippen molar-refractivity contribution in [3.05, 3.63) is 101 Å². The van der Waals surface area contributed by atoms with Gasteiger partial charge >= 0.3 is 0 Å². The van der Waals surface area contributed by atoms with Crippen molar-refractivity contribution in [1.82, 2.24) is 4.98 Å². The van der Waals surface area contributed by atoms with Crippen molar-refractivity contribution >= 4 is 51.2 Å². The number of nitrogens with one attached hydrogen (secondary N) is 1. The first-order valence-corrected chi connectivity index (χ1v) is 10.9. The van der Waals surface area contributed by atoms with E-state index in [2.05, 4.69) is 11.1 Å². The maximum Gasteiger partial charge on any atom is 0.271 e. The number of aryl methyl sites for hydroxylation is 2. The van der Waals surface area contributed by atoms with Crippen LogP contribution in [0.3, 0.4) is 0 Å². The highest BCUT2D eigenvalue weighted by atomic mass is 32.2. The second kappa shape index (κ2) is 7.93. The Hall–Kier alpha value is -3.57. The highest BCUT2D eigenvalue weighted by molar-refractivity contribution is 8.19. The zero-order chi connectivity index (χ0) is 21.4. The van der Waals surface area contributed by atoms with Crippen LogP contribution >= 0.6 is 11.8 Å². The van der Waals surface area contributed by atoms with Crippen LogP contribution in [-0.4, -0.2) is 16.1 Å². The molecule has 0 saturated carbocycles. The van der Waals surface area contributed by atoms with Gasteiger partial charge < -0.3 is 4.98 Å². The molecule has 0 atom stereocenters. The molecular formula is C26H21N3OS. The number of anilines is 1. The van der Waals surface area contributed by atoms with Gasteiger partial charge in [-0.05, 0) is 85.1 Å². The molecule has 0 unspecified atom stereocenters. The summed E-state index contributed by atoms with van der Waals surface area (Å²) in [5.74, 6) is -0.0612. The van der Waals surface area contributed by atoms with Crippen LogP contribution in [0.25, 0.3) is 17.0 Å². The number of thioether (sulfide) groups is 1. The zero-order valence-corrected chi connectivity index (χ0v) is 18.1. The molecule has 0 spiro atoms. The molecule has 31 heavy (non-hydrogen) atoms. The molecule has 4 aromatic rings. The van der Waals surface area contributed by atoms with Gasteiger partial charge in [0.25, 0.3) is 5.91 Å². The van der Waals surface area contributed by atoms with Gasteiger partial charge in [0.15, 0.2) is 5.17 Å². The predicted molar refractivity (Wildman–Crippen MR) is 131 cm³/mol. The first kappa shape index (κ1) is 19.4. The van der Waals surface area contributed by atoms with Crippen LogP contribution in [0.15, 0.2) is 88.9 Å². The number of hydrogen-bond donors (Lipinski definition) is 1. The van der Waals surface area contributed by atoms with E-state index >= 15 is 0 Å². The van der Waals surface area contributed by atoms with Crippen LogP contribution in [0.5, 0.6) is 0 Å². The van der Waals surface area contributed by atoms with Gasteiger partial charge in [0, 0.05) is 11.7 Å². The molecule has 1 aliphatic rings. The molecular weight excluding hydrogens is 402 g/mol. The van der Waals surface area contributed by atoms with Gasteiger partial charge in [-0.15, -0.1) is 0 Å². The summed E-state index contributed by atoms with van der Waals surface area (Å²) in [6.45, 7) is 4.08. The number of aromatic nitrogens is 1. The Labute approximate surface area is 185 Å². The first-order valence-electron chi connectivity index (χ1n) is 10.1. The second-order valence-corrected chi connectivity index (χ2v) is 8.65. The number of carbonyl (C=O) groups excluding carboxylic acids is 1. The fourth-order valence-corrected chi connectivity index (χ4v) is 4.51. The second-order valence-electron chi connectivity index (χ2n) is 7.64. The summed E-state index contributed by atoms with van der Waals surface area (Å²) in [7, 11) is 0. The molecule has 2 heterocycles. The number of amides is 1. The zero-order valence-electron chi connectivity index (χ0n) is 17.3. The van der Waals surface area contributed by atoms with Gasteiger partial charge in [-0.3, -0.25) is 9.69 Å². The number of aromatic amines is 1. The lowest BCUT2D eigenvalue weighted by Gasteiger charge is -2.16. The van der Waals surface area contributed by atoms with Crippen LogP contribution in [0.2, 0.25) is 0 Å². The average Bonchev–Trinajstić information content (AvgIpc) is 3.35. The third-order valence-electron chi connectivity index (χ3n) is 5.23. The fraction of sp³-hybridized carbons (Fsp3) is 0.0769. The number of fused-ring (bicyclic) bond motifs is 1. The molecule has 1 fully saturated rings. The lowest BCUT2D eigenvalue weighted by Crippen LogP contribution is -2.28. The third-order valence-corrected chi connectivity index (χ3v) is 6.20. The molecule has 1 saturated heterocycles. The Bertz CT molecular complexity index is 1330. The van der Waals surface area contributed by atoms with Crippen molar-refractivity contribution in [3.63, 3.8) is 0 Å². The van der Waals surface area contributed by atoms with Gasteiger partial charge in [-0.25, -0.2) is 4.99 Å². The van der Waals surface area contributed by atoms with Gasteiger partial charge in [-0.2, -0.15) is 0 Å². The Morgan fingerprint density at radius 2 is 1.61 bits per heavy atom. The summed E-state index contributed by atoms with van der Waals surface area (Å²) in [6, 6.07) is 24.1. The van der Waals surface area contributed by atoms with Crippen LogP contribution in [0, 0.1) is 13.8 Å². The maximum atomic E-state index is 13.4. The van der Waals surface area contributed by atoms with Crippen molar-refractivity contribution in [2.75, 3.05) is 4.90 Å². The molecule has 152 valence electrons. The summed E-state index contributed by atoms with van der Waals surface area (Å²) in [5, 5.41) is 1.78. The largest absolute Gasteiger partial charge is 0.361 e. The summed E-state index contributed by atoms with van der Waals surface area (Å²) >= 11 is 1.41. The van der Waals surface area contributed by atoms with E-state index in [1.165, 1.54) is 17.3 Å². The lowest BCUT2D eigenvalue weighted by molar-refractivity contribution is -0.113. The normalized spacial score (nSPS) is 16.7. The fourth-order valence-electron chi connectivity index (χ4n) is 3.51. The minimum Gasteiger partial charge on any atom is -0.361 e. The van der Waals surface area contributed by atoms with Gasteiger partial charge in [-0.1, -0.05) is 41.5 Å². The molecule has 5 rings (SSSR count). The van der Waals surface area contributed by atoms with Crippen molar-refractivity contribution in [2.24, 2.45) is 4.99 Å². The molecule has 1 N–H and O–H groups in total. The van der Waals surface area contributed by atoms with Crippen molar-refractivity contribution in [3.8, 4) is 0 Å². The van der Waals surface area contributed by atoms with Crippen molar-refractivity contribution in [2.45, 2.75) is 13.8 Å². The number of H-pyrrole nitrogens is 1. The monoisotopic (exact) mass is 423 g/mol. The molecule has 0 bridgehead atoms. The van der Waals surface area contributed by atoms with Crippen LogP contribution < -0.4 is 4.90 Å². The smallest absolute Gasteiger partial charge is 0.271 e. The predicted octanol–water partition coefficient (Wildman–Crippen LogP) is 6.59. The molecule has 0 radical (unpaired) electrons. The summed E-state index contributed by atoms with van der Waals surface area (Å²) < 4.78 is 0. The topological polar surface area (TPSA) is 48.5 Å². The van der Waals surface area contributed by atoms with E-state index in [-0.39, 0.29) is 5.91 Å². The molecule has 1 aliphatic heterocycles. The van der Waals surface area contributed by atoms with Crippen LogP contribution in [0.4, 0.5) is 11.4 Å². The lowest BCUT2D eigenvalue weighted by atomic mass is 10.1. The molecule has 5 heteroatoms. The Morgan fingerprint density at radius 1 is 0.903 bits per heavy atom. The number of aliphatic imine (C=N–C) groups is 1. The molecule has 1 aromatic heterocycles. The average molecular weight is 424 g/mol. The number of amidine groups is 1. The van der Waals surface area contributed by atoms with E-state index in [1.54, 1.807) is 4.90 Å². The van der Waals surface area contributed by atoms with E-state index in [9.17, 15) is 4.79 Å². The highest BCUT2D eigenvalue weighted by Gasteiger charge is 2.34. The summed E-state index contributed by atoms with van der Waals surface area (Å²) in [6.07, 6.45) is 3.86. The Morgan fingerprint density at radius 3 is 2.35 bits per heavy atom. The molecule has 0 aliphatic carbocycles. The van der Waals surface area contributed by atoms with Gasteiger partial charge in [0.2, 0.25) is 0 Å². The molecule has 1 amide bonds.